The summed E-state index contributed by atoms with van der Waals surface area (Å²) >= 11 is 0. The number of nitrogens with one attached hydrogen (secondary N) is 1. The van der Waals surface area contributed by atoms with E-state index in [4.69, 9.17) is 0 Å². The van der Waals surface area contributed by atoms with Gasteiger partial charge in [-0.05, 0) is 69.8 Å². The van der Waals surface area contributed by atoms with Crippen molar-refractivity contribution in [2.24, 2.45) is 17.8 Å². The first-order valence-electron chi connectivity index (χ1n) is 13.7. The Balaban J connectivity index is 1.50. The minimum atomic E-state index is -0.584. The number of aliphatic hydroxyl groups excluding tert-OH is 1. The fourth-order valence-corrected chi connectivity index (χ4v) is 7.01. The highest BCUT2D eigenvalue weighted by Gasteiger charge is 2.57. The van der Waals surface area contributed by atoms with E-state index in [1.807, 2.05) is 31.1 Å². The number of aliphatic hydroxyl groups is 1. The average Bonchev–Trinajstić information content (AvgIpc) is 3.48. The monoisotopic (exact) mass is 496 g/mol. The van der Waals surface area contributed by atoms with Gasteiger partial charge in [-0.2, -0.15) is 0 Å². The van der Waals surface area contributed by atoms with Gasteiger partial charge in [0.25, 0.3) is 5.56 Å². The number of pyridine rings is 1. The number of rotatable bonds is 7. The first-order valence-corrected chi connectivity index (χ1v) is 13.7. The second kappa shape index (κ2) is 10.5. The second-order valence-electron chi connectivity index (χ2n) is 11.4. The number of hydrogen-bond acceptors (Lipinski definition) is 5. The van der Waals surface area contributed by atoms with Crippen LogP contribution in [0.25, 0.3) is 5.57 Å². The Morgan fingerprint density at radius 2 is 1.92 bits per heavy atom. The van der Waals surface area contributed by atoms with Crippen molar-refractivity contribution in [2.75, 3.05) is 33.8 Å². The molecule has 0 aromatic carbocycles. The van der Waals surface area contributed by atoms with E-state index in [1.54, 1.807) is 9.47 Å². The van der Waals surface area contributed by atoms with Crippen LogP contribution in [0.1, 0.15) is 68.7 Å². The molecule has 1 aromatic heterocycles. The highest BCUT2D eigenvalue weighted by atomic mass is 16.3. The molecule has 0 unspecified atom stereocenters. The third-order valence-electron chi connectivity index (χ3n) is 8.76. The summed E-state index contributed by atoms with van der Waals surface area (Å²) < 4.78 is 1.78. The zero-order chi connectivity index (χ0) is 25.4. The number of allylic oxidation sites excluding steroid dienone is 2. The molecule has 3 heterocycles. The number of aromatic nitrogens is 1. The SMILES string of the molecule is CN(C)CC(=O)N1[C@@H]2c3ccc(C4=CCCC4)c(=O)n3C[C@H]1[C@H](CO)[C@H]2C(=O)NCC1CCCCC1. The third-order valence-corrected chi connectivity index (χ3v) is 8.76. The van der Waals surface area contributed by atoms with E-state index in [1.165, 1.54) is 19.3 Å². The average molecular weight is 497 g/mol. The molecule has 2 aliphatic heterocycles. The Hall–Kier alpha value is -2.45. The molecule has 0 spiro atoms. The van der Waals surface area contributed by atoms with E-state index in [0.717, 1.165) is 43.2 Å². The molecule has 196 valence electrons. The van der Waals surface area contributed by atoms with Gasteiger partial charge in [-0.3, -0.25) is 14.4 Å². The summed E-state index contributed by atoms with van der Waals surface area (Å²) in [5.41, 5.74) is 2.48. The maximum atomic E-state index is 13.7. The van der Waals surface area contributed by atoms with Crippen molar-refractivity contribution in [2.45, 2.75) is 70.0 Å². The Morgan fingerprint density at radius 3 is 2.58 bits per heavy atom. The summed E-state index contributed by atoms with van der Waals surface area (Å²) in [6.07, 6.45) is 11.0. The van der Waals surface area contributed by atoms with Crippen LogP contribution in [0.2, 0.25) is 0 Å². The molecule has 1 aromatic rings. The highest BCUT2D eigenvalue weighted by Crippen LogP contribution is 2.48. The maximum Gasteiger partial charge on any atom is 0.258 e. The van der Waals surface area contributed by atoms with E-state index in [9.17, 15) is 19.5 Å². The Kier molecular flexibility index (Phi) is 7.35. The van der Waals surface area contributed by atoms with Crippen molar-refractivity contribution < 1.29 is 14.7 Å². The molecule has 36 heavy (non-hydrogen) atoms. The van der Waals surface area contributed by atoms with Crippen molar-refractivity contribution in [1.82, 2.24) is 19.7 Å². The molecule has 1 saturated carbocycles. The zero-order valence-electron chi connectivity index (χ0n) is 21.6. The van der Waals surface area contributed by atoms with Gasteiger partial charge in [0.2, 0.25) is 11.8 Å². The number of carbonyl (C=O) groups is 2. The van der Waals surface area contributed by atoms with Crippen LogP contribution in [0, 0.1) is 17.8 Å². The van der Waals surface area contributed by atoms with Crippen molar-refractivity contribution >= 4 is 17.4 Å². The van der Waals surface area contributed by atoms with Gasteiger partial charge >= 0.3 is 0 Å². The van der Waals surface area contributed by atoms with Gasteiger partial charge < -0.3 is 24.8 Å². The number of nitrogens with zero attached hydrogens (tertiary/aromatic N) is 3. The first-order chi connectivity index (χ1) is 17.4. The molecule has 5 rings (SSSR count). The maximum absolute atomic E-state index is 13.7. The minimum absolute atomic E-state index is 0.0460. The lowest BCUT2D eigenvalue weighted by Gasteiger charge is -2.39. The smallest absolute Gasteiger partial charge is 0.258 e. The second-order valence-corrected chi connectivity index (χ2v) is 11.4. The lowest BCUT2D eigenvalue weighted by molar-refractivity contribution is -0.137. The fourth-order valence-electron chi connectivity index (χ4n) is 7.01. The van der Waals surface area contributed by atoms with E-state index in [2.05, 4.69) is 11.4 Å². The van der Waals surface area contributed by atoms with E-state index >= 15 is 0 Å². The number of hydrogen-bond donors (Lipinski definition) is 2. The lowest BCUT2D eigenvalue weighted by atomic mass is 9.85. The molecule has 8 heteroatoms. The van der Waals surface area contributed by atoms with Crippen LogP contribution in [0.5, 0.6) is 0 Å². The summed E-state index contributed by atoms with van der Waals surface area (Å²) in [5.74, 6) is -0.699. The van der Waals surface area contributed by atoms with E-state index < -0.39 is 23.9 Å². The summed E-state index contributed by atoms with van der Waals surface area (Å²) in [5, 5.41) is 13.7. The van der Waals surface area contributed by atoms with Crippen LogP contribution in [0.3, 0.4) is 0 Å². The van der Waals surface area contributed by atoms with Crippen LogP contribution < -0.4 is 10.9 Å². The molecule has 1 saturated heterocycles. The summed E-state index contributed by atoms with van der Waals surface area (Å²) in [7, 11) is 3.70. The van der Waals surface area contributed by atoms with Crippen LogP contribution in [-0.4, -0.2) is 71.1 Å². The molecule has 8 nitrogen and oxygen atoms in total. The topological polar surface area (TPSA) is 94.9 Å². The predicted octanol–water partition coefficient (Wildman–Crippen LogP) is 2.16. The van der Waals surface area contributed by atoms with Crippen molar-refractivity contribution in [1.29, 1.82) is 0 Å². The van der Waals surface area contributed by atoms with Gasteiger partial charge in [0.05, 0.1) is 24.5 Å². The standard InChI is InChI=1S/C28H40N4O4/c1-30(2)16-24(34)32-23-15-31-22(13-12-20(28(31)36)19-10-6-7-11-19)26(32)25(21(23)17-33)27(35)29-14-18-8-4-3-5-9-18/h10,12-13,18,21,23,25-26,33H,3-9,11,14-17H2,1-2H3,(H,29,35)/t21-,23-,25+,26+/m0/s1. The lowest BCUT2D eigenvalue weighted by Crippen LogP contribution is -2.51. The summed E-state index contributed by atoms with van der Waals surface area (Å²) in [6.45, 7) is 0.963. The molecule has 4 aliphatic rings. The van der Waals surface area contributed by atoms with Gasteiger partial charge in [-0.25, -0.2) is 0 Å². The van der Waals surface area contributed by atoms with Crippen LogP contribution in [-0.2, 0) is 16.1 Å². The molecule has 4 atom stereocenters. The van der Waals surface area contributed by atoms with Crippen LogP contribution in [0.15, 0.2) is 23.0 Å². The molecule has 2 aliphatic carbocycles. The van der Waals surface area contributed by atoms with Crippen LogP contribution >= 0.6 is 0 Å². The fraction of sp³-hybridized carbons (Fsp3) is 0.679. The molecular formula is C28H40N4O4. The van der Waals surface area contributed by atoms with Crippen molar-refractivity contribution in [3.8, 4) is 0 Å². The van der Waals surface area contributed by atoms with Gasteiger partial charge in [0.1, 0.15) is 0 Å². The molecule has 2 fully saturated rings. The van der Waals surface area contributed by atoms with Gasteiger partial charge in [0.15, 0.2) is 0 Å². The highest BCUT2D eigenvalue weighted by molar-refractivity contribution is 5.85. The minimum Gasteiger partial charge on any atom is -0.396 e. The number of carbonyl (C=O) groups excluding carboxylic acids is 2. The third kappa shape index (κ3) is 4.54. The van der Waals surface area contributed by atoms with Gasteiger partial charge in [-0.1, -0.05) is 25.3 Å². The Morgan fingerprint density at radius 1 is 1.14 bits per heavy atom. The van der Waals surface area contributed by atoms with Crippen molar-refractivity contribution in [3.63, 3.8) is 0 Å². The van der Waals surface area contributed by atoms with Crippen LogP contribution in [0.4, 0.5) is 0 Å². The Labute approximate surface area is 213 Å². The quantitative estimate of drug-likeness (QED) is 0.603. The van der Waals surface area contributed by atoms with Gasteiger partial charge in [0, 0.05) is 36.9 Å². The van der Waals surface area contributed by atoms with E-state index in [0.29, 0.717) is 24.7 Å². The largest absolute Gasteiger partial charge is 0.396 e. The van der Waals surface area contributed by atoms with Crippen molar-refractivity contribution in [3.05, 3.63) is 39.8 Å². The first kappa shape index (κ1) is 25.2. The summed E-state index contributed by atoms with van der Waals surface area (Å²) in [6, 6.07) is 2.87. The zero-order valence-corrected chi connectivity index (χ0v) is 21.6. The Bertz CT molecular complexity index is 1090. The number of likely N-dealkylation sites (N-methyl/N-ethyl adjacent to an activating group) is 1. The van der Waals surface area contributed by atoms with E-state index in [-0.39, 0.29) is 30.5 Å². The normalized spacial score (nSPS) is 27.8. The summed E-state index contributed by atoms with van der Waals surface area (Å²) in [4.78, 5) is 44.4. The molecule has 2 N–H and O–H groups in total. The predicted molar refractivity (Wildman–Crippen MR) is 138 cm³/mol. The molecule has 2 amide bonds. The molecule has 0 radical (unpaired) electrons. The molecular weight excluding hydrogens is 456 g/mol. The number of fused-ring (bicyclic) bond motifs is 4. The number of amides is 2. The van der Waals surface area contributed by atoms with Gasteiger partial charge in [-0.15, -0.1) is 0 Å². The molecule has 2 bridgehead atoms.